The maximum absolute atomic E-state index is 11.6. The molecule has 0 aliphatic carbocycles. The molecule has 0 aromatic heterocycles. The first-order chi connectivity index (χ1) is 16.7. The molecule has 0 unspecified atom stereocenters. The molecule has 0 saturated heterocycles. The van der Waals surface area contributed by atoms with Crippen molar-refractivity contribution in [3.8, 4) is 0 Å². The van der Waals surface area contributed by atoms with Gasteiger partial charge in [-0.15, -0.1) is 0 Å². The third kappa shape index (κ3) is 26.6. The average molecular weight is 490 g/mol. The van der Waals surface area contributed by atoms with Crippen LogP contribution in [-0.2, 0) is 33.2 Å². The Labute approximate surface area is 205 Å². The van der Waals surface area contributed by atoms with Crippen LogP contribution >= 0.6 is 0 Å². The van der Waals surface area contributed by atoms with Gasteiger partial charge in [-0.05, 0) is 19.3 Å². The van der Waals surface area contributed by atoms with Gasteiger partial charge in [0.15, 0.2) is 0 Å². The zero-order chi connectivity index (χ0) is 25.0. The van der Waals surface area contributed by atoms with Crippen LogP contribution < -0.4 is 5.32 Å². The summed E-state index contributed by atoms with van der Waals surface area (Å²) in [6.07, 6.45) is 11.3. The second kappa shape index (κ2) is 27.6. The first-order valence-corrected chi connectivity index (χ1v) is 12.7. The zero-order valence-electron chi connectivity index (χ0n) is 21.4. The normalized spacial score (nSPS) is 11.1. The number of hydrogen-bond acceptors (Lipinski definition) is 8. The van der Waals surface area contributed by atoms with E-state index in [1.54, 1.807) is 0 Å². The molecule has 9 heteroatoms. The predicted molar refractivity (Wildman–Crippen MR) is 131 cm³/mol. The maximum atomic E-state index is 11.6. The van der Waals surface area contributed by atoms with Crippen LogP contribution in [0.3, 0.4) is 0 Å². The molecule has 0 saturated carbocycles. The van der Waals surface area contributed by atoms with E-state index in [9.17, 15) is 9.59 Å². The summed E-state index contributed by atoms with van der Waals surface area (Å²) in [6.45, 7) is 8.95. The molecule has 0 aliphatic rings. The van der Waals surface area contributed by atoms with E-state index in [0.29, 0.717) is 72.2 Å². The van der Waals surface area contributed by atoms with Crippen LogP contribution in [-0.4, -0.2) is 84.7 Å². The Bertz CT molecular complexity index is 488. The molecule has 0 rings (SSSR count). The third-order valence-electron chi connectivity index (χ3n) is 4.53. The van der Waals surface area contributed by atoms with Gasteiger partial charge in [-0.3, -0.25) is 4.79 Å². The Hall–Kier alpha value is -1.68. The molecule has 0 aliphatic heterocycles. The molecule has 0 aromatic carbocycles. The van der Waals surface area contributed by atoms with Crippen molar-refractivity contribution >= 4 is 12.1 Å². The van der Waals surface area contributed by atoms with E-state index < -0.39 is 6.09 Å². The van der Waals surface area contributed by atoms with Crippen molar-refractivity contribution in [2.24, 2.45) is 0 Å². The zero-order valence-corrected chi connectivity index (χ0v) is 21.4. The number of ether oxygens (including phenoxy) is 6. The number of amides is 1. The minimum absolute atomic E-state index is 0.164. The van der Waals surface area contributed by atoms with Gasteiger partial charge in [0.2, 0.25) is 0 Å². The summed E-state index contributed by atoms with van der Waals surface area (Å²) in [7, 11) is 0. The van der Waals surface area contributed by atoms with Gasteiger partial charge in [0, 0.05) is 26.2 Å². The van der Waals surface area contributed by atoms with Crippen molar-refractivity contribution in [1.29, 1.82) is 0 Å². The number of rotatable bonds is 25. The highest BCUT2D eigenvalue weighted by Gasteiger charge is 2.02. The molecule has 1 amide bonds. The van der Waals surface area contributed by atoms with Crippen LogP contribution in [0.1, 0.15) is 65.2 Å². The van der Waals surface area contributed by atoms with Gasteiger partial charge in [-0.25, -0.2) is 4.79 Å². The second-order valence-corrected chi connectivity index (χ2v) is 7.59. The summed E-state index contributed by atoms with van der Waals surface area (Å²) >= 11 is 0. The minimum Gasteiger partial charge on any atom is -0.461 e. The quantitative estimate of drug-likeness (QED) is 0.116. The summed E-state index contributed by atoms with van der Waals surface area (Å²) in [6, 6.07) is 0. The first-order valence-electron chi connectivity index (χ1n) is 12.7. The van der Waals surface area contributed by atoms with Gasteiger partial charge in [-0.2, -0.15) is 0 Å². The molecule has 1 N–H and O–H groups in total. The lowest BCUT2D eigenvalue weighted by molar-refractivity contribution is -0.142. The van der Waals surface area contributed by atoms with Gasteiger partial charge in [0.1, 0.15) is 13.2 Å². The molecular formula is C25H47NO8. The highest BCUT2D eigenvalue weighted by Crippen LogP contribution is 2.02. The molecule has 34 heavy (non-hydrogen) atoms. The molecule has 0 heterocycles. The van der Waals surface area contributed by atoms with Gasteiger partial charge in [-0.1, -0.05) is 51.7 Å². The first kappa shape index (κ1) is 32.3. The molecule has 0 fully saturated rings. The summed E-state index contributed by atoms with van der Waals surface area (Å²) in [5, 5.41) is 2.62. The van der Waals surface area contributed by atoms with Crippen molar-refractivity contribution in [2.45, 2.75) is 65.2 Å². The monoisotopic (exact) mass is 489 g/mol. The molecule has 0 bridgehead atoms. The summed E-state index contributed by atoms with van der Waals surface area (Å²) < 4.78 is 31.7. The van der Waals surface area contributed by atoms with E-state index in [2.05, 4.69) is 12.2 Å². The topological polar surface area (TPSA) is 102 Å². The number of nitrogens with one attached hydrogen (secondary N) is 1. The smallest absolute Gasteiger partial charge is 0.407 e. The largest absolute Gasteiger partial charge is 0.461 e. The summed E-state index contributed by atoms with van der Waals surface area (Å²) in [5.41, 5.74) is 0. The Morgan fingerprint density at radius 3 is 1.97 bits per heavy atom. The fourth-order valence-electron chi connectivity index (χ4n) is 2.69. The van der Waals surface area contributed by atoms with Gasteiger partial charge in [0.05, 0.1) is 39.6 Å². The van der Waals surface area contributed by atoms with Crippen LogP contribution in [0.2, 0.25) is 0 Å². The summed E-state index contributed by atoms with van der Waals surface area (Å²) in [5.74, 6) is -0.222. The molecule has 0 atom stereocenters. The van der Waals surface area contributed by atoms with E-state index in [1.807, 2.05) is 19.1 Å². The van der Waals surface area contributed by atoms with Gasteiger partial charge in [0.25, 0.3) is 0 Å². The molecule has 0 aromatic rings. The van der Waals surface area contributed by atoms with Gasteiger partial charge >= 0.3 is 12.1 Å². The fraction of sp³-hybridized carbons (Fsp3) is 0.840. The number of unbranched alkanes of at least 4 members (excludes halogenated alkanes) is 4. The standard InChI is InChI=1S/C25H47NO8/c1-3-5-7-8-10-14-29-18-20-31-17-13-26-25(28)34-23-22-32-21-19-30-15-11-12-24(27)33-16-9-6-4-2/h6,9H,3-5,7-8,10-23H2,1-2H3,(H,26,28)/b9-6-. The molecule has 200 valence electrons. The maximum Gasteiger partial charge on any atom is 0.407 e. The molecule has 0 spiro atoms. The lowest BCUT2D eigenvalue weighted by Crippen LogP contribution is -2.29. The van der Waals surface area contributed by atoms with Crippen molar-refractivity contribution in [3.63, 3.8) is 0 Å². The van der Waals surface area contributed by atoms with Crippen molar-refractivity contribution in [3.05, 3.63) is 12.2 Å². The fourth-order valence-corrected chi connectivity index (χ4v) is 2.69. The van der Waals surface area contributed by atoms with Crippen molar-refractivity contribution < 1.29 is 38.0 Å². The van der Waals surface area contributed by atoms with E-state index >= 15 is 0 Å². The highest BCUT2D eigenvalue weighted by atomic mass is 16.6. The summed E-state index contributed by atoms with van der Waals surface area (Å²) in [4.78, 5) is 23.0. The lowest BCUT2D eigenvalue weighted by Gasteiger charge is -2.09. The Balaban J connectivity index is 3.24. The second-order valence-electron chi connectivity index (χ2n) is 7.59. The van der Waals surface area contributed by atoms with Crippen LogP contribution in [0.4, 0.5) is 4.79 Å². The van der Waals surface area contributed by atoms with E-state index in [0.717, 1.165) is 19.4 Å². The minimum atomic E-state index is -0.496. The molecule has 9 nitrogen and oxygen atoms in total. The Kier molecular flexibility index (Phi) is 26.2. The van der Waals surface area contributed by atoms with E-state index in [1.165, 1.54) is 25.7 Å². The van der Waals surface area contributed by atoms with Gasteiger partial charge < -0.3 is 33.7 Å². The number of carbonyl (C=O) groups is 2. The number of allylic oxidation sites excluding steroid dienone is 1. The molecule has 0 radical (unpaired) electrons. The number of carbonyl (C=O) groups excluding carboxylic acids is 2. The average Bonchev–Trinajstić information content (AvgIpc) is 2.83. The van der Waals surface area contributed by atoms with Crippen LogP contribution in [0, 0.1) is 0 Å². The lowest BCUT2D eigenvalue weighted by atomic mass is 10.2. The van der Waals surface area contributed by atoms with Crippen molar-refractivity contribution in [2.75, 3.05) is 72.6 Å². The van der Waals surface area contributed by atoms with E-state index in [-0.39, 0.29) is 12.6 Å². The van der Waals surface area contributed by atoms with Crippen LogP contribution in [0.25, 0.3) is 0 Å². The van der Waals surface area contributed by atoms with Crippen LogP contribution in [0.5, 0.6) is 0 Å². The van der Waals surface area contributed by atoms with E-state index in [4.69, 9.17) is 28.4 Å². The SMILES string of the molecule is CC/C=C\COC(=O)CCCOCCOCCOC(=O)NCCOCCOCCCCCCC. The van der Waals surface area contributed by atoms with Crippen LogP contribution in [0.15, 0.2) is 12.2 Å². The third-order valence-corrected chi connectivity index (χ3v) is 4.53. The molecular weight excluding hydrogens is 442 g/mol. The number of esters is 1. The highest BCUT2D eigenvalue weighted by molar-refractivity contribution is 5.69. The Morgan fingerprint density at radius 2 is 1.26 bits per heavy atom. The number of hydrogen-bond donors (Lipinski definition) is 1. The predicted octanol–water partition coefficient (Wildman–Crippen LogP) is 4.04. The van der Waals surface area contributed by atoms with Crippen molar-refractivity contribution in [1.82, 2.24) is 5.32 Å². The number of alkyl carbamates (subject to hydrolysis) is 1. The Morgan fingerprint density at radius 1 is 0.647 bits per heavy atom.